The molecule has 2 atom stereocenters. The van der Waals surface area contributed by atoms with Crippen molar-refractivity contribution < 1.29 is 9.59 Å². The molecule has 0 saturated heterocycles. The molecule has 0 radical (unpaired) electrons. The number of aromatic nitrogens is 2. The number of carbonyl (C=O) groups is 2. The molecule has 26 heavy (non-hydrogen) atoms. The van der Waals surface area contributed by atoms with Gasteiger partial charge in [0.25, 0.3) is 5.91 Å². The van der Waals surface area contributed by atoms with E-state index in [1.807, 2.05) is 25.9 Å². The molecule has 2 amide bonds. The molecule has 1 aromatic heterocycles. The third-order valence-corrected chi connectivity index (χ3v) is 4.13. The second kappa shape index (κ2) is 11.0. The van der Waals surface area contributed by atoms with Crippen LogP contribution < -0.4 is 10.6 Å². The maximum Gasteiger partial charge on any atom is 0.270 e. The van der Waals surface area contributed by atoms with Crippen LogP contribution in [0.5, 0.6) is 0 Å². The molecular weight excluding hydrogens is 422 g/mol. The molecule has 0 saturated carbocycles. The molecule has 1 heterocycles. The van der Waals surface area contributed by atoms with Gasteiger partial charge in [-0.3, -0.25) is 14.7 Å². The number of hydrogen-bond donors (Lipinski definition) is 3. The lowest BCUT2D eigenvalue weighted by Gasteiger charge is -2.17. The number of alkyl halides is 1. The summed E-state index contributed by atoms with van der Waals surface area (Å²) in [5, 5.41) is 12.1. The Kier molecular flexibility index (Phi) is 9.41. The van der Waals surface area contributed by atoms with Crippen molar-refractivity contribution in [1.82, 2.24) is 20.4 Å². The molecule has 0 aliphatic rings. The minimum atomic E-state index is -0.545. The summed E-state index contributed by atoms with van der Waals surface area (Å²) in [4.78, 5) is 26.4. The summed E-state index contributed by atoms with van der Waals surface area (Å²) in [6.07, 6.45) is 3.28. The first kappa shape index (κ1) is 22.2. The van der Waals surface area contributed by atoms with Gasteiger partial charge >= 0.3 is 0 Å². The zero-order chi connectivity index (χ0) is 19.7. The van der Waals surface area contributed by atoms with Crippen LogP contribution in [0.15, 0.2) is 16.6 Å². The first-order chi connectivity index (χ1) is 12.3. The second-order valence-electron chi connectivity index (χ2n) is 5.95. The van der Waals surface area contributed by atoms with E-state index in [1.165, 1.54) is 0 Å². The molecule has 0 aromatic carbocycles. The second-order valence-corrected chi connectivity index (χ2v) is 7.06. The summed E-state index contributed by atoms with van der Waals surface area (Å²) in [5.74, 6) is 4.96. The minimum absolute atomic E-state index is 0.0397. The molecule has 0 spiro atoms. The smallest absolute Gasteiger partial charge is 0.270 e. The lowest BCUT2D eigenvalue weighted by Crippen LogP contribution is -2.39. The van der Waals surface area contributed by atoms with Gasteiger partial charge in [0.05, 0.1) is 10.4 Å². The van der Waals surface area contributed by atoms with Crippen LogP contribution in [0.25, 0.3) is 0 Å². The summed E-state index contributed by atoms with van der Waals surface area (Å²) in [6, 6.07) is -0.0397. The fourth-order valence-electron chi connectivity index (χ4n) is 2.02. The minimum Gasteiger partial charge on any atom is -0.347 e. The number of hydrogen-bond acceptors (Lipinski definition) is 4. The van der Waals surface area contributed by atoms with Gasteiger partial charge in [0.15, 0.2) is 5.82 Å². The van der Waals surface area contributed by atoms with Crippen LogP contribution in [0.3, 0.4) is 0 Å². The average Bonchev–Trinajstić information content (AvgIpc) is 2.91. The molecule has 142 valence electrons. The van der Waals surface area contributed by atoms with E-state index in [9.17, 15) is 9.59 Å². The van der Waals surface area contributed by atoms with Crippen LogP contribution in [0.2, 0.25) is 0 Å². The fraction of sp³-hybridized carbons (Fsp3) is 0.471. The number of H-pyrrole nitrogens is 1. The van der Waals surface area contributed by atoms with Crippen molar-refractivity contribution in [2.24, 2.45) is 5.92 Å². The van der Waals surface area contributed by atoms with Crippen molar-refractivity contribution in [2.75, 3.05) is 31.8 Å². The number of rotatable bonds is 7. The molecule has 0 bridgehead atoms. The van der Waals surface area contributed by atoms with E-state index < -0.39 is 5.92 Å². The van der Waals surface area contributed by atoms with Gasteiger partial charge in [0.1, 0.15) is 5.69 Å². The van der Waals surface area contributed by atoms with Crippen LogP contribution in [0.4, 0.5) is 5.82 Å². The first-order valence-corrected chi connectivity index (χ1v) is 9.31. The SMILES string of the molecule is CC(CN(C)C)NC(=O)c1[nH]nc(NC(=O)C(C)C#C/C=C\CCl)c1Br. The van der Waals surface area contributed by atoms with E-state index in [1.54, 1.807) is 19.1 Å². The summed E-state index contributed by atoms with van der Waals surface area (Å²) in [7, 11) is 3.86. The average molecular weight is 445 g/mol. The van der Waals surface area contributed by atoms with Gasteiger partial charge in [-0.05, 0) is 49.9 Å². The molecule has 1 rings (SSSR count). The zero-order valence-electron chi connectivity index (χ0n) is 15.2. The fourth-order valence-corrected chi connectivity index (χ4v) is 2.56. The summed E-state index contributed by atoms with van der Waals surface area (Å²) < 4.78 is 0.391. The highest BCUT2D eigenvalue weighted by molar-refractivity contribution is 9.10. The molecule has 0 aliphatic heterocycles. The Morgan fingerprint density at radius 3 is 2.73 bits per heavy atom. The van der Waals surface area contributed by atoms with Crippen LogP contribution in [-0.4, -0.2) is 59.5 Å². The van der Waals surface area contributed by atoms with Crippen LogP contribution in [0.1, 0.15) is 24.3 Å². The van der Waals surface area contributed by atoms with Crippen molar-refractivity contribution in [2.45, 2.75) is 19.9 Å². The largest absolute Gasteiger partial charge is 0.347 e. The maximum absolute atomic E-state index is 12.3. The van der Waals surface area contributed by atoms with Crippen LogP contribution in [0, 0.1) is 17.8 Å². The van der Waals surface area contributed by atoms with Crippen molar-refractivity contribution in [3.63, 3.8) is 0 Å². The zero-order valence-corrected chi connectivity index (χ0v) is 17.5. The topological polar surface area (TPSA) is 90.1 Å². The van der Waals surface area contributed by atoms with E-state index in [-0.39, 0.29) is 29.4 Å². The Hall–Kier alpha value is -1.82. The molecule has 0 fully saturated rings. The molecular formula is C17H23BrClN5O2. The summed E-state index contributed by atoms with van der Waals surface area (Å²) in [6.45, 7) is 4.29. The highest BCUT2D eigenvalue weighted by Gasteiger charge is 2.21. The van der Waals surface area contributed by atoms with Crippen LogP contribution >= 0.6 is 27.5 Å². The van der Waals surface area contributed by atoms with E-state index in [2.05, 4.69) is 48.6 Å². The van der Waals surface area contributed by atoms with Gasteiger partial charge in [-0.25, -0.2) is 0 Å². The predicted molar refractivity (Wildman–Crippen MR) is 107 cm³/mol. The highest BCUT2D eigenvalue weighted by atomic mass is 79.9. The van der Waals surface area contributed by atoms with Gasteiger partial charge in [-0.1, -0.05) is 17.9 Å². The van der Waals surface area contributed by atoms with Crippen molar-refractivity contribution in [3.05, 3.63) is 22.3 Å². The Morgan fingerprint density at radius 2 is 2.12 bits per heavy atom. The van der Waals surface area contributed by atoms with Crippen molar-refractivity contribution in [1.29, 1.82) is 0 Å². The number of aromatic amines is 1. The monoisotopic (exact) mass is 443 g/mol. The number of nitrogens with zero attached hydrogens (tertiary/aromatic N) is 2. The summed E-state index contributed by atoms with van der Waals surface area (Å²) >= 11 is 8.80. The van der Waals surface area contributed by atoms with E-state index in [4.69, 9.17) is 11.6 Å². The summed E-state index contributed by atoms with van der Waals surface area (Å²) in [5.41, 5.74) is 0.245. The molecule has 2 unspecified atom stereocenters. The third-order valence-electron chi connectivity index (χ3n) is 3.18. The molecule has 1 aromatic rings. The van der Waals surface area contributed by atoms with Crippen molar-refractivity contribution >= 4 is 45.2 Å². The quantitative estimate of drug-likeness (QED) is 0.444. The number of allylic oxidation sites excluding steroid dienone is 2. The Morgan fingerprint density at radius 1 is 1.42 bits per heavy atom. The Labute approximate surface area is 167 Å². The lowest BCUT2D eigenvalue weighted by atomic mass is 10.1. The maximum atomic E-state index is 12.3. The first-order valence-electron chi connectivity index (χ1n) is 7.98. The number of amides is 2. The third kappa shape index (κ3) is 7.20. The van der Waals surface area contributed by atoms with E-state index in [0.29, 0.717) is 16.9 Å². The standard InChI is InChI=1S/C17H23BrClN5O2/c1-11(8-6-5-7-9-19)16(25)21-15-13(18)14(22-23-15)17(26)20-12(2)10-24(3)4/h5,7,11-12H,9-10H2,1-4H3,(H,20,26)(H2,21,22,23,25)/b7-5-. The van der Waals surface area contributed by atoms with E-state index >= 15 is 0 Å². The van der Waals surface area contributed by atoms with Gasteiger partial charge in [0.2, 0.25) is 5.91 Å². The Bertz CT molecular complexity index is 720. The molecule has 3 N–H and O–H groups in total. The number of nitrogens with one attached hydrogen (secondary N) is 3. The van der Waals surface area contributed by atoms with E-state index in [0.717, 1.165) is 0 Å². The van der Waals surface area contributed by atoms with Gasteiger partial charge in [-0.2, -0.15) is 5.10 Å². The normalized spacial score (nSPS) is 13.2. The Balaban J connectivity index is 2.73. The molecule has 0 aliphatic carbocycles. The van der Waals surface area contributed by atoms with Crippen molar-refractivity contribution in [3.8, 4) is 11.8 Å². The molecule has 7 nitrogen and oxygen atoms in total. The lowest BCUT2D eigenvalue weighted by molar-refractivity contribution is -0.117. The number of halogens is 2. The number of carbonyl (C=O) groups excluding carboxylic acids is 2. The van der Waals surface area contributed by atoms with Crippen LogP contribution in [-0.2, 0) is 4.79 Å². The number of anilines is 1. The highest BCUT2D eigenvalue weighted by Crippen LogP contribution is 2.24. The van der Waals surface area contributed by atoms with Gasteiger partial charge < -0.3 is 15.5 Å². The predicted octanol–water partition coefficient (Wildman–Crippen LogP) is 2.23. The molecule has 9 heteroatoms. The van der Waals surface area contributed by atoms with Gasteiger partial charge in [0, 0.05) is 18.5 Å². The number of likely N-dealkylation sites (N-methyl/N-ethyl adjacent to an activating group) is 1. The van der Waals surface area contributed by atoms with Gasteiger partial charge in [-0.15, -0.1) is 11.6 Å².